The molecule has 6 nitrogen and oxygen atoms in total. The number of carbonyl (C=O) groups excluding carboxylic acids is 1. The molecule has 108 valence electrons. The van der Waals surface area contributed by atoms with Gasteiger partial charge in [-0.15, -0.1) is 0 Å². The summed E-state index contributed by atoms with van der Waals surface area (Å²) in [6.45, 7) is 1.19. The summed E-state index contributed by atoms with van der Waals surface area (Å²) in [4.78, 5) is 24.8. The van der Waals surface area contributed by atoms with Crippen LogP contribution < -0.4 is 11.1 Å². The van der Waals surface area contributed by atoms with Crippen molar-refractivity contribution >= 4 is 12.0 Å². The van der Waals surface area contributed by atoms with E-state index in [1.165, 1.54) is 0 Å². The number of rotatable bonds is 5. The molecule has 2 rings (SSSR count). The van der Waals surface area contributed by atoms with Gasteiger partial charge in [0.15, 0.2) is 0 Å². The molecular formula is C13H23N3O3. The third-order valence-corrected chi connectivity index (χ3v) is 4.19. The molecule has 4 N–H and O–H groups in total. The predicted octanol–water partition coefficient (Wildman–Crippen LogP) is 0.762. The van der Waals surface area contributed by atoms with Crippen molar-refractivity contribution in [2.75, 3.05) is 13.1 Å². The second-order valence-corrected chi connectivity index (χ2v) is 5.60. The van der Waals surface area contributed by atoms with E-state index in [0.29, 0.717) is 13.1 Å². The lowest BCUT2D eigenvalue weighted by atomic mass is 9.88. The summed E-state index contributed by atoms with van der Waals surface area (Å²) >= 11 is 0. The minimum atomic E-state index is -0.731. The summed E-state index contributed by atoms with van der Waals surface area (Å²) in [5, 5.41) is 11.8. The number of urea groups is 1. The van der Waals surface area contributed by atoms with Crippen LogP contribution in [0.3, 0.4) is 0 Å². The molecule has 2 heterocycles. The highest BCUT2D eigenvalue weighted by Crippen LogP contribution is 2.39. The molecule has 0 radical (unpaired) electrons. The largest absolute Gasteiger partial charge is 0.481 e. The molecule has 19 heavy (non-hydrogen) atoms. The van der Waals surface area contributed by atoms with Gasteiger partial charge in [0.1, 0.15) is 0 Å². The summed E-state index contributed by atoms with van der Waals surface area (Å²) < 4.78 is 0. The van der Waals surface area contributed by atoms with E-state index in [1.807, 2.05) is 4.90 Å². The number of hydrogen-bond acceptors (Lipinski definition) is 3. The van der Waals surface area contributed by atoms with E-state index in [4.69, 9.17) is 10.8 Å². The molecule has 2 aliphatic rings. The minimum Gasteiger partial charge on any atom is -0.481 e. The molecule has 2 fully saturated rings. The number of carbonyl (C=O) groups is 2. The van der Waals surface area contributed by atoms with Crippen LogP contribution in [0.4, 0.5) is 4.79 Å². The number of carboxylic acids is 1. The van der Waals surface area contributed by atoms with Crippen LogP contribution in [-0.4, -0.2) is 47.2 Å². The van der Waals surface area contributed by atoms with Gasteiger partial charge in [-0.25, -0.2) is 4.79 Å². The number of nitrogens with two attached hydrogens (primary N) is 1. The van der Waals surface area contributed by atoms with E-state index in [9.17, 15) is 9.59 Å². The van der Waals surface area contributed by atoms with Gasteiger partial charge in [-0.2, -0.15) is 0 Å². The van der Waals surface area contributed by atoms with Gasteiger partial charge in [0, 0.05) is 25.0 Å². The molecule has 0 aromatic heterocycles. The molecule has 0 aliphatic carbocycles. The number of piperidine rings is 1. The first kappa shape index (κ1) is 14.1. The smallest absolute Gasteiger partial charge is 0.317 e. The van der Waals surface area contributed by atoms with Gasteiger partial charge >= 0.3 is 12.0 Å². The zero-order valence-electron chi connectivity index (χ0n) is 11.2. The highest BCUT2D eigenvalue weighted by molar-refractivity contribution is 5.75. The fourth-order valence-corrected chi connectivity index (χ4v) is 3.42. The molecular weight excluding hydrogens is 246 g/mol. The molecule has 2 aliphatic heterocycles. The van der Waals surface area contributed by atoms with Crippen molar-refractivity contribution in [2.24, 2.45) is 11.7 Å². The van der Waals surface area contributed by atoms with E-state index in [0.717, 1.165) is 32.1 Å². The zero-order chi connectivity index (χ0) is 13.8. The van der Waals surface area contributed by atoms with Gasteiger partial charge in [-0.05, 0) is 44.6 Å². The quantitative estimate of drug-likeness (QED) is 0.642. The summed E-state index contributed by atoms with van der Waals surface area (Å²) in [6.07, 6.45) is 4.68. The minimum absolute atomic E-state index is 0.00488. The normalized spacial score (nSPS) is 29.3. The number of hydrogen-bond donors (Lipinski definition) is 3. The zero-order valence-corrected chi connectivity index (χ0v) is 11.2. The Bertz CT molecular complexity index is 334. The van der Waals surface area contributed by atoms with Crippen molar-refractivity contribution in [1.82, 2.24) is 10.2 Å². The number of aliphatic carboxylic acids is 1. The van der Waals surface area contributed by atoms with E-state index in [2.05, 4.69) is 5.32 Å². The van der Waals surface area contributed by atoms with Crippen LogP contribution in [0.25, 0.3) is 0 Å². The Morgan fingerprint density at radius 2 is 1.89 bits per heavy atom. The van der Waals surface area contributed by atoms with Crippen molar-refractivity contribution < 1.29 is 14.7 Å². The number of fused-ring (bicyclic) bond motifs is 2. The molecule has 6 heteroatoms. The highest BCUT2D eigenvalue weighted by atomic mass is 16.4. The van der Waals surface area contributed by atoms with Crippen molar-refractivity contribution in [2.45, 2.75) is 50.6 Å². The maximum Gasteiger partial charge on any atom is 0.317 e. The van der Waals surface area contributed by atoms with Crippen LogP contribution in [-0.2, 0) is 4.79 Å². The van der Waals surface area contributed by atoms with Gasteiger partial charge in [-0.1, -0.05) is 0 Å². The van der Waals surface area contributed by atoms with Gasteiger partial charge in [0.25, 0.3) is 0 Å². The maximum atomic E-state index is 12.1. The second kappa shape index (κ2) is 6.23. The van der Waals surface area contributed by atoms with E-state index >= 15 is 0 Å². The third kappa shape index (κ3) is 3.37. The van der Waals surface area contributed by atoms with Crippen LogP contribution in [0.15, 0.2) is 0 Å². The molecule has 0 aromatic rings. The summed E-state index contributed by atoms with van der Waals surface area (Å²) in [6, 6.07) is 0.441. The van der Waals surface area contributed by atoms with Crippen molar-refractivity contribution in [1.29, 1.82) is 0 Å². The third-order valence-electron chi connectivity index (χ3n) is 4.19. The Morgan fingerprint density at radius 3 is 2.42 bits per heavy atom. The van der Waals surface area contributed by atoms with Gasteiger partial charge in [0.2, 0.25) is 0 Å². The summed E-state index contributed by atoms with van der Waals surface area (Å²) in [5.41, 5.74) is 5.40. The first-order chi connectivity index (χ1) is 9.11. The van der Waals surface area contributed by atoms with E-state index in [-0.39, 0.29) is 30.5 Å². The molecule has 2 unspecified atom stereocenters. The monoisotopic (exact) mass is 269 g/mol. The van der Waals surface area contributed by atoms with Crippen LogP contribution in [0, 0.1) is 5.92 Å². The predicted molar refractivity (Wildman–Crippen MR) is 70.7 cm³/mol. The molecule has 0 spiro atoms. The lowest BCUT2D eigenvalue weighted by Gasteiger charge is -2.38. The van der Waals surface area contributed by atoms with Crippen LogP contribution >= 0.6 is 0 Å². The van der Waals surface area contributed by atoms with Crippen molar-refractivity contribution in [3.63, 3.8) is 0 Å². The lowest BCUT2D eigenvalue weighted by Crippen LogP contribution is -2.51. The Hall–Kier alpha value is -1.30. The molecule has 2 bridgehead atoms. The average Bonchev–Trinajstić information content (AvgIpc) is 2.61. The van der Waals surface area contributed by atoms with Crippen LogP contribution in [0.2, 0.25) is 0 Å². The standard InChI is InChI=1S/C13H23N3O3/c14-4-1-5-15-13(19)16-10-2-3-11(16)7-9(6-10)8-12(17)18/h9-11H,1-8,14H2,(H,15,19)(H,17,18). The van der Waals surface area contributed by atoms with Crippen molar-refractivity contribution in [3.05, 3.63) is 0 Å². The number of nitrogens with zero attached hydrogens (tertiary/aromatic N) is 1. The first-order valence-corrected chi connectivity index (χ1v) is 7.09. The summed E-state index contributed by atoms with van der Waals surface area (Å²) in [7, 11) is 0. The molecule has 2 atom stereocenters. The van der Waals surface area contributed by atoms with Crippen LogP contribution in [0.1, 0.15) is 38.5 Å². The Labute approximate surface area is 113 Å². The second-order valence-electron chi connectivity index (χ2n) is 5.60. The molecule has 2 saturated heterocycles. The molecule has 0 saturated carbocycles. The molecule has 0 aromatic carbocycles. The highest BCUT2D eigenvalue weighted by Gasteiger charge is 2.43. The maximum absolute atomic E-state index is 12.1. The Kier molecular flexibility index (Phi) is 4.63. The summed E-state index contributed by atoms with van der Waals surface area (Å²) in [5.74, 6) is -0.506. The number of nitrogens with one attached hydrogen (secondary N) is 1. The van der Waals surface area contributed by atoms with Gasteiger partial charge in [0.05, 0.1) is 0 Å². The topological polar surface area (TPSA) is 95.7 Å². The fraction of sp³-hybridized carbons (Fsp3) is 0.846. The average molecular weight is 269 g/mol. The van der Waals surface area contributed by atoms with Gasteiger partial charge in [-0.3, -0.25) is 4.79 Å². The molecule has 2 amide bonds. The SMILES string of the molecule is NCCCNC(=O)N1C2CCC1CC(CC(=O)O)C2. The first-order valence-electron chi connectivity index (χ1n) is 7.09. The Balaban J connectivity index is 1.88. The number of amides is 2. The fourth-order valence-electron chi connectivity index (χ4n) is 3.42. The van der Waals surface area contributed by atoms with Crippen molar-refractivity contribution in [3.8, 4) is 0 Å². The van der Waals surface area contributed by atoms with Crippen LogP contribution in [0.5, 0.6) is 0 Å². The lowest BCUT2D eigenvalue weighted by molar-refractivity contribution is -0.138. The van der Waals surface area contributed by atoms with E-state index < -0.39 is 5.97 Å². The number of carboxylic acid groups (broad SMARTS) is 1. The van der Waals surface area contributed by atoms with E-state index in [1.54, 1.807) is 0 Å². The Morgan fingerprint density at radius 1 is 1.26 bits per heavy atom. The van der Waals surface area contributed by atoms with Gasteiger partial charge < -0.3 is 21.1 Å².